The summed E-state index contributed by atoms with van der Waals surface area (Å²) in [6.07, 6.45) is 2.21. The number of carbonyl (C=O) groups is 1. The number of amides is 1. The highest BCUT2D eigenvalue weighted by molar-refractivity contribution is 5.79. The first-order chi connectivity index (χ1) is 14.1. The van der Waals surface area contributed by atoms with Crippen LogP contribution in [0.3, 0.4) is 0 Å². The SMILES string of the molecule is COc1cc(CC(=O)N2CCC(COc3ccccc3)CC2)cc(OC)c1OC. The number of hydrogen-bond acceptors (Lipinski definition) is 5. The number of para-hydroxylation sites is 1. The van der Waals surface area contributed by atoms with Crippen molar-refractivity contribution in [2.24, 2.45) is 5.92 Å². The molecule has 3 rings (SSSR count). The van der Waals surface area contributed by atoms with Crippen LogP contribution in [0.15, 0.2) is 42.5 Å². The number of likely N-dealkylation sites (tertiary alicyclic amines) is 1. The van der Waals surface area contributed by atoms with Gasteiger partial charge in [0.25, 0.3) is 0 Å². The number of ether oxygens (including phenoxy) is 4. The summed E-state index contributed by atoms with van der Waals surface area (Å²) >= 11 is 0. The van der Waals surface area contributed by atoms with Gasteiger partial charge in [0.15, 0.2) is 11.5 Å². The lowest BCUT2D eigenvalue weighted by Crippen LogP contribution is -2.40. The zero-order valence-electron chi connectivity index (χ0n) is 17.3. The third-order valence-electron chi connectivity index (χ3n) is 5.28. The van der Waals surface area contributed by atoms with Crippen molar-refractivity contribution in [1.82, 2.24) is 4.90 Å². The first kappa shape index (κ1) is 20.8. The van der Waals surface area contributed by atoms with Gasteiger partial charge in [0.1, 0.15) is 5.75 Å². The van der Waals surface area contributed by atoms with Crippen LogP contribution in [0.25, 0.3) is 0 Å². The Kier molecular flexibility index (Phi) is 7.22. The van der Waals surface area contributed by atoms with Crippen LogP contribution in [-0.4, -0.2) is 51.8 Å². The van der Waals surface area contributed by atoms with Gasteiger partial charge in [-0.25, -0.2) is 0 Å². The zero-order chi connectivity index (χ0) is 20.6. The Morgan fingerprint density at radius 2 is 1.59 bits per heavy atom. The molecule has 1 aliphatic heterocycles. The maximum Gasteiger partial charge on any atom is 0.226 e. The minimum Gasteiger partial charge on any atom is -0.493 e. The Hall–Kier alpha value is -2.89. The Balaban J connectivity index is 1.53. The number of methoxy groups -OCH3 is 3. The molecule has 0 radical (unpaired) electrons. The van der Waals surface area contributed by atoms with Gasteiger partial charge < -0.3 is 23.8 Å². The molecular weight excluding hydrogens is 370 g/mol. The second-order valence-electron chi connectivity index (χ2n) is 7.16. The quantitative estimate of drug-likeness (QED) is 0.679. The molecule has 2 aromatic carbocycles. The van der Waals surface area contributed by atoms with E-state index in [2.05, 4.69) is 0 Å². The third kappa shape index (κ3) is 5.34. The topological polar surface area (TPSA) is 57.2 Å². The van der Waals surface area contributed by atoms with Gasteiger partial charge in [-0.15, -0.1) is 0 Å². The highest BCUT2D eigenvalue weighted by Gasteiger charge is 2.24. The molecule has 0 atom stereocenters. The molecule has 0 saturated carbocycles. The van der Waals surface area contributed by atoms with Gasteiger partial charge >= 0.3 is 0 Å². The molecule has 1 saturated heterocycles. The molecule has 1 amide bonds. The van der Waals surface area contributed by atoms with E-state index in [-0.39, 0.29) is 5.91 Å². The minimum atomic E-state index is 0.113. The lowest BCUT2D eigenvalue weighted by atomic mass is 9.97. The fourth-order valence-electron chi connectivity index (χ4n) is 3.60. The molecule has 6 nitrogen and oxygen atoms in total. The first-order valence-corrected chi connectivity index (χ1v) is 9.89. The first-order valence-electron chi connectivity index (χ1n) is 9.89. The summed E-state index contributed by atoms with van der Waals surface area (Å²) in [6.45, 7) is 2.21. The van der Waals surface area contributed by atoms with Crippen molar-refractivity contribution in [2.75, 3.05) is 41.0 Å². The van der Waals surface area contributed by atoms with Gasteiger partial charge in [-0.05, 0) is 48.6 Å². The normalized spacial score (nSPS) is 14.4. The molecule has 0 unspecified atom stereocenters. The highest BCUT2D eigenvalue weighted by Crippen LogP contribution is 2.38. The van der Waals surface area contributed by atoms with Crippen molar-refractivity contribution in [2.45, 2.75) is 19.3 Å². The van der Waals surface area contributed by atoms with E-state index in [0.717, 1.165) is 37.2 Å². The van der Waals surface area contributed by atoms with Crippen molar-refractivity contribution in [1.29, 1.82) is 0 Å². The van der Waals surface area contributed by atoms with Crippen molar-refractivity contribution in [3.05, 3.63) is 48.0 Å². The zero-order valence-corrected chi connectivity index (χ0v) is 17.3. The number of rotatable bonds is 8. The number of carbonyl (C=O) groups excluding carboxylic acids is 1. The molecule has 0 bridgehead atoms. The lowest BCUT2D eigenvalue weighted by molar-refractivity contribution is -0.132. The fourth-order valence-corrected chi connectivity index (χ4v) is 3.60. The van der Waals surface area contributed by atoms with Crippen LogP contribution in [-0.2, 0) is 11.2 Å². The summed E-state index contributed by atoms with van der Waals surface area (Å²) in [5.41, 5.74) is 0.846. The summed E-state index contributed by atoms with van der Waals surface area (Å²) in [7, 11) is 4.72. The van der Waals surface area contributed by atoms with E-state index in [9.17, 15) is 4.79 Å². The largest absolute Gasteiger partial charge is 0.493 e. The maximum atomic E-state index is 12.8. The van der Waals surface area contributed by atoms with Crippen LogP contribution in [0.4, 0.5) is 0 Å². The summed E-state index contributed by atoms with van der Waals surface area (Å²) < 4.78 is 22.0. The van der Waals surface area contributed by atoms with E-state index >= 15 is 0 Å². The fraction of sp³-hybridized carbons (Fsp3) is 0.435. The molecular formula is C23H29NO5. The molecule has 1 heterocycles. The third-order valence-corrected chi connectivity index (χ3v) is 5.28. The standard InChI is InChI=1S/C23H29NO5/c1-26-20-13-18(14-21(27-2)23(20)28-3)15-22(25)24-11-9-17(10-12-24)16-29-19-7-5-4-6-8-19/h4-8,13-14,17H,9-12,15-16H2,1-3H3. The van der Waals surface area contributed by atoms with E-state index in [1.165, 1.54) is 0 Å². The lowest BCUT2D eigenvalue weighted by Gasteiger charge is -2.32. The summed E-state index contributed by atoms with van der Waals surface area (Å²) in [4.78, 5) is 14.7. The number of piperidine rings is 1. The van der Waals surface area contributed by atoms with E-state index in [4.69, 9.17) is 18.9 Å². The predicted octanol–water partition coefficient (Wildman–Crippen LogP) is 3.57. The monoisotopic (exact) mass is 399 g/mol. The molecule has 2 aromatic rings. The summed E-state index contributed by atoms with van der Waals surface area (Å²) in [6, 6.07) is 13.5. The van der Waals surface area contributed by atoms with Gasteiger partial charge in [-0.1, -0.05) is 18.2 Å². The number of nitrogens with zero attached hydrogens (tertiary/aromatic N) is 1. The minimum absolute atomic E-state index is 0.113. The Bertz CT molecular complexity index is 775. The average Bonchev–Trinajstić information content (AvgIpc) is 2.77. The molecule has 1 fully saturated rings. The second kappa shape index (κ2) is 10.0. The van der Waals surface area contributed by atoms with Crippen LogP contribution >= 0.6 is 0 Å². The Labute approximate surface area is 172 Å². The van der Waals surface area contributed by atoms with Crippen molar-refractivity contribution in [3.8, 4) is 23.0 Å². The molecule has 1 aliphatic rings. The van der Waals surface area contributed by atoms with Crippen molar-refractivity contribution < 1.29 is 23.7 Å². The van der Waals surface area contributed by atoms with E-state index < -0.39 is 0 Å². The van der Waals surface area contributed by atoms with Crippen LogP contribution in [0.1, 0.15) is 18.4 Å². The summed E-state index contributed by atoms with van der Waals surface area (Å²) in [5, 5.41) is 0. The smallest absolute Gasteiger partial charge is 0.226 e. The molecule has 29 heavy (non-hydrogen) atoms. The number of hydrogen-bond donors (Lipinski definition) is 0. The van der Waals surface area contributed by atoms with Crippen LogP contribution in [0.2, 0.25) is 0 Å². The van der Waals surface area contributed by atoms with E-state index in [1.807, 2.05) is 47.4 Å². The van der Waals surface area contributed by atoms with Gasteiger partial charge in [-0.2, -0.15) is 0 Å². The van der Waals surface area contributed by atoms with Gasteiger partial charge in [-0.3, -0.25) is 4.79 Å². The molecule has 156 valence electrons. The van der Waals surface area contributed by atoms with Crippen LogP contribution in [0.5, 0.6) is 23.0 Å². The Morgan fingerprint density at radius 1 is 0.966 bits per heavy atom. The van der Waals surface area contributed by atoms with Crippen molar-refractivity contribution >= 4 is 5.91 Å². The molecule has 0 N–H and O–H groups in total. The van der Waals surface area contributed by atoms with Gasteiger partial charge in [0.05, 0.1) is 34.4 Å². The van der Waals surface area contributed by atoms with E-state index in [1.54, 1.807) is 21.3 Å². The molecule has 6 heteroatoms. The second-order valence-corrected chi connectivity index (χ2v) is 7.16. The van der Waals surface area contributed by atoms with Crippen molar-refractivity contribution in [3.63, 3.8) is 0 Å². The molecule has 0 spiro atoms. The predicted molar refractivity (Wildman–Crippen MR) is 111 cm³/mol. The molecule has 0 aromatic heterocycles. The molecule has 0 aliphatic carbocycles. The highest BCUT2D eigenvalue weighted by atomic mass is 16.5. The number of benzene rings is 2. The van der Waals surface area contributed by atoms with Gasteiger partial charge in [0, 0.05) is 13.1 Å². The Morgan fingerprint density at radius 3 is 2.14 bits per heavy atom. The maximum absolute atomic E-state index is 12.8. The summed E-state index contributed by atoms with van der Waals surface area (Å²) in [5.74, 6) is 3.14. The van der Waals surface area contributed by atoms with Crippen LogP contribution < -0.4 is 18.9 Å². The van der Waals surface area contributed by atoms with Gasteiger partial charge in [0.2, 0.25) is 11.7 Å². The van der Waals surface area contributed by atoms with Crippen LogP contribution in [0, 0.1) is 5.92 Å². The average molecular weight is 399 g/mol. The van der Waals surface area contributed by atoms with E-state index in [0.29, 0.717) is 36.2 Å².